The van der Waals surface area contributed by atoms with Crippen LogP contribution in [0.3, 0.4) is 0 Å². The number of amides is 1. The summed E-state index contributed by atoms with van der Waals surface area (Å²) in [5.74, 6) is -0.569. The zero-order chi connectivity index (χ0) is 16.6. The summed E-state index contributed by atoms with van der Waals surface area (Å²) in [6.45, 7) is 4.43. The molecule has 2 aliphatic rings. The molecule has 126 valence electrons. The van der Waals surface area contributed by atoms with Crippen molar-refractivity contribution in [1.82, 2.24) is 9.80 Å². The van der Waals surface area contributed by atoms with E-state index < -0.39 is 11.6 Å². The maximum Gasteiger partial charge on any atom is 0.219 e. The Kier molecular flexibility index (Phi) is 4.38. The van der Waals surface area contributed by atoms with Gasteiger partial charge in [-0.05, 0) is 37.1 Å². The highest BCUT2D eigenvalue weighted by Gasteiger charge is 2.49. The summed E-state index contributed by atoms with van der Waals surface area (Å²) in [6.07, 6.45) is 0.848. The van der Waals surface area contributed by atoms with E-state index in [4.69, 9.17) is 0 Å². The molecule has 2 atom stereocenters. The summed E-state index contributed by atoms with van der Waals surface area (Å²) in [6, 6.07) is 3.48. The number of likely N-dealkylation sites (tertiary alicyclic amines) is 2. The van der Waals surface area contributed by atoms with E-state index in [1.165, 1.54) is 6.07 Å². The summed E-state index contributed by atoms with van der Waals surface area (Å²) >= 11 is 0. The monoisotopic (exact) mass is 324 g/mol. The number of carbonyl (C=O) groups is 1. The fraction of sp³-hybridized carbons (Fsp3) is 0.588. The molecular weight excluding hydrogens is 302 g/mol. The van der Waals surface area contributed by atoms with Gasteiger partial charge < -0.3 is 10.0 Å². The van der Waals surface area contributed by atoms with Crippen molar-refractivity contribution in [2.45, 2.75) is 19.9 Å². The molecule has 1 amide bonds. The lowest BCUT2D eigenvalue weighted by Crippen LogP contribution is -2.50. The molecule has 3 rings (SSSR count). The number of rotatable bonds is 3. The van der Waals surface area contributed by atoms with Crippen molar-refractivity contribution < 1.29 is 18.7 Å². The number of nitrogens with zero attached hydrogens (tertiary/aromatic N) is 2. The van der Waals surface area contributed by atoms with Crippen LogP contribution in [-0.2, 0) is 11.3 Å². The Morgan fingerprint density at radius 1 is 1.39 bits per heavy atom. The first kappa shape index (κ1) is 16.3. The number of aliphatic hydroxyl groups is 1. The lowest BCUT2D eigenvalue weighted by atomic mass is 9.74. The highest BCUT2D eigenvalue weighted by Crippen LogP contribution is 2.42. The van der Waals surface area contributed by atoms with Crippen LogP contribution in [0.4, 0.5) is 8.78 Å². The summed E-state index contributed by atoms with van der Waals surface area (Å²) < 4.78 is 27.2. The van der Waals surface area contributed by atoms with E-state index in [1.54, 1.807) is 11.8 Å². The predicted octanol–water partition coefficient (Wildman–Crippen LogP) is 1.63. The number of aliphatic hydroxyl groups excluding tert-OH is 1. The lowest BCUT2D eigenvalue weighted by molar-refractivity contribution is -0.128. The molecule has 4 nitrogen and oxygen atoms in total. The van der Waals surface area contributed by atoms with Crippen LogP contribution in [0.25, 0.3) is 0 Å². The van der Waals surface area contributed by atoms with Gasteiger partial charge in [0.2, 0.25) is 5.91 Å². The molecule has 6 heteroatoms. The number of benzene rings is 1. The zero-order valence-electron chi connectivity index (χ0n) is 13.3. The second-order valence-corrected chi connectivity index (χ2v) is 6.85. The number of hydrogen-bond donors (Lipinski definition) is 1. The van der Waals surface area contributed by atoms with Gasteiger partial charge in [0.1, 0.15) is 11.6 Å². The van der Waals surface area contributed by atoms with E-state index in [2.05, 4.69) is 0 Å². The van der Waals surface area contributed by atoms with Gasteiger partial charge in [-0.15, -0.1) is 0 Å². The third-order valence-corrected chi connectivity index (χ3v) is 5.31. The van der Waals surface area contributed by atoms with Crippen molar-refractivity contribution in [1.29, 1.82) is 0 Å². The molecule has 0 saturated carbocycles. The number of halogens is 2. The number of piperidine rings is 1. The first-order valence-electron chi connectivity index (χ1n) is 7.96. The molecule has 1 N–H and O–H groups in total. The molecule has 0 bridgehead atoms. The second kappa shape index (κ2) is 6.17. The molecule has 23 heavy (non-hydrogen) atoms. The third-order valence-electron chi connectivity index (χ3n) is 5.31. The standard InChI is InChI=1S/C17H22F2N2O2/c1-12(23)21-8-14-4-5-20(9-17(14,10-21)11-22)7-13-6-15(18)2-3-16(13)19/h2-3,6,14,22H,4-5,7-11H2,1H3/t14-,17+/m0/s1. The van der Waals surface area contributed by atoms with Crippen LogP contribution in [0.15, 0.2) is 18.2 Å². The Bertz CT molecular complexity index is 610. The van der Waals surface area contributed by atoms with Crippen molar-refractivity contribution in [3.63, 3.8) is 0 Å². The summed E-state index contributed by atoms with van der Waals surface area (Å²) in [5, 5.41) is 9.94. The molecule has 1 aromatic carbocycles. The first-order valence-corrected chi connectivity index (χ1v) is 7.96. The lowest BCUT2D eigenvalue weighted by Gasteiger charge is -2.43. The minimum absolute atomic E-state index is 0.00355. The topological polar surface area (TPSA) is 43.8 Å². The van der Waals surface area contributed by atoms with Gasteiger partial charge in [0.25, 0.3) is 0 Å². The molecule has 0 aromatic heterocycles. The van der Waals surface area contributed by atoms with Crippen molar-refractivity contribution in [3.8, 4) is 0 Å². The van der Waals surface area contributed by atoms with Gasteiger partial charge >= 0.3 is 0 Å². The summed E-state index contributed by atoms with van der Waals surface area (Å²) in [7, 11) is 0. The number of carbonyl (C=O) groups excluding carboxylic acids is 1. The van der Waals surface area contributed by atoms with Crippen LogP contribution in [0, 0.1) is 23.0 Å². The normalized spacial score (nSPS) is 28.0. The van der Waals surface area contributed by atoms with E-state index in [9.17, 15) is 18.7 Å². The Balaban J connectivity index is 1.75. The number of hydrogen-bond acceptors (Lipinski definition) is 3. The number of fused-ring (bicyclic) bond motifs is 1. The highest BCUT2D eigenvalue weighted by atomic mass is 19.1. The van der Waals surface area contributed by atoms with Crippen LogP contribution >= 0.6 is 0 Å². The van der Waals surface area contributed by atoms with Crippen molar-refractivity contribution in [2.75, 3.05) is 32.8 Å². The molecule has 0 unspecified atom stereocenters. The van der Waals surface area contributed by atoms with Crippen molar-refractivity contribution in [3.05, 3.63) is 35.4 Å². The van der Waals surface area contributed by atoms with E-state index in [-0.39, 0.29) is 23.8 Å². The fourth-order valence-electron chi connectivity index (χ4n) is 3.98. The largest absolute Gasteiger partial charge is 0.396 e. The minimum atomic E-state index is -0.447. The molecule has 0 radical (unpaired) electrons. The Morgan fingerprint density at radius 3 is 2.87 bits per heavy atom. The maximum atomic E-state index is 13.8. The van der Waals surface area contributed by atoms with Crippen LogP contribution < -0.4 is 0 Å². The molecule has 2 fully saturated rings. The smallest absolute Gasteiger partial charge is 0.219 e. The van der Waals surface area contributed by atoms with Gasteiger partial charge in [-0.3, -0.25) is 9.69 Å². The summed E-state index contributed by atoms with van der Waals surface area (Å²) in [4.78, 5) is 15.5. The molecule has 2 saturated heterocycles. The predicted molar refractivity (Wildman–Crippen MR) is 81.5 cm³/mol. The summed E-state index contributed by atoms with van der Waals surface area (Å²) in [5.41, 5.74) is -0.0220. The SMILES string of the molecule is CC(=O)N1C[C@@H]2CCN(Cc3cc(F)ccc3F)C[C@]2(CO)C1. The van der Waals surface area contributed by atoms with Gasteiger partial charge in [0.15, 0.2) is 0 Å². The average molecular weight is 324 g/mol. The maximum absolute atomic E-state index is 13.8. The molecule has 0 aliphatic carbocycles. The highest BCUT2D eigenvalue weighted by molar-refractivity contribution is 5.73. The minimum Gasteiger partial charge on any atom is -0.396 e. The van der Waals surface area contributed by atoms with Crippen LogP contribution in [0.2, 0.25) is 0 Å². The molecule has 1 aromatic rings. The molecule has 0 spiro atoms. The van der Waals surface area contributed by atoms with Gasteiger partial charge in [0, 0.05) is 44.1 Å². The quantitative estimate of drug-likeness (QED) is 0.919. The van der Waals surface area contributed by atoms with Gasteiger partial charge in [-0.2, -0.15) is 0 Å². The van der Waals surface area contributed by atoms with Gasteiger partial charge in [-0.1, -0.05) is 0 Å². The van der Waals surface area contributed by atoms with Crippen molar-refractivity contribution in [2.24, 2.45) is 11.3 Å². The van der Waals surface area contributed by atoms with E-state index in [0.717, 1.165) is 25.1 Å². The van der Waals surface area contributed by atoms with E-state index in [1.807, 2.05) is 4.90 Å². The fourth-order valence-corrected chi connectivity index (χ4v) is 3.98. The van der Waals surface area contributed by atoms with Gasteiger partial charge in [0.05, 0.1) is 6.61 Å². The second-order valence-electron chi connectivity index (χ2n) is 6.85. The van der Waals surface area contributed by atoms with E-state index >= 15 is 0 Å². The Morgan fingerprint density at radius 2 is 2.17 bits per heavy atom. The average Bonchev–Trinajstić information content (AvgIpc) is 2.91. The van der Waals surface area contributed by atoms with Crippen LogP contribution in [0.5, 0.6) is 0 Å². The zero-order valence-corrected chi connectivity index (χ0v) is 13.3. The Hall–Kier alpha value is -1.53. The third kappa shape index (κ3) is 3.10. The van der Waals surface area contributed by atoms with E-state index in [0.29, 0.717) is 31.7 Å². The van der Waals surface area contributed by atoms with Crippen molar-refractivity contribution >= 4 is 5.91 Å². The molecular formula is C17H22F2N2O2. The molecule has 2 heterocycles. The van der Waals surface area contributed by atoms with Crippen LogP contribution in [0.1, 0.15) is 18.9 Å². The van der Waals surface area contributed by atoms with Gasteiger partial charge in [-0.25, -0.2) is 8.78 Å². The van der Waals surface area contributed by atoms with Crippen LogP contribution in [-0.4, -0.2) is 53.6 Å². The first-order chi connectivity index (χ1) is 10.9. The Labute approximate surface area is 134 Å². The molecule has 2 aliphatic heterocycles.